The number of hydrogen-bond donors (Lipinski definition) is 1. The molecule has 2 heterocycles. The van der Waals surface area contributed by atoms with Gasteiger partial charge in [-0.1, -0.05) is 18.5 Å². The third-order valence-electron chi connectivity index (χ3n) is 3.17. The van der Waals surface area contributed by atoms with E-state index in [1.165, 1.54) is 24.5 Å². The minimum Gasteiger partial charge on any atom is -0.448 e. The molecule has 0 fully saturated rings. The number of aromatic nitrogens is 1. The van der Waals surface area contributed by atoms with Crippen LogP contribution in [0.1, 0.15) is 34.0 Å². The average Bonchev–Trinajstić information content (AvgIpc) is 2.90. The van der Waals surface area contributed by atoms with Crippen molar-refractivity contribution in [2.45, 2.75) is 33.3 Å². The van der Waals surface area contributed by atoms with E-state index in [-0.39, 0.29) is 0 Å². The lowest BCUT2D eigenvalue weighted by Gasteiger charge is -2.12. The molecular weight excluding hydrogens is 336 g/mol. The number of carbonyl (C=O) groups excluding carboxylic acids is 2. The molecule has 2 rings (SSSR count). The van der Waals surface area contributed by atoms with Gasteiger partial charge in [0, 0.05) is 11.1 Å². The van der Waals surface area contributed by atoms with Gasteiger partial charge in [-0.2, -0.15) is 0 Å². The molecule has 0 aliphatic heterocycles. The number of hydrogen-bond acceptors (Lipinski definition) is 5. The molecule has 1 amide bonds. The van der Waals surface area contributed by atoms with Crippen LogP contribution in [0.25, 0.3) is 0 Å². The lowest BCUT2D eigenvalue weighted by molar-refractivity contribution is -0.123. The molecular formula is C16H17ClN2O3S. The van der Waals surface area contributed by atoms with Crippen LogP contribution in [-0.4, -0.2) is 23.0 Å². The van der Waals surface area contributed by atoms with Crippen LogP contribution in [0.3, 0.4) is 0 Å². The highest BCUT2D eigenvalue weighted by molar-refractivity contribution is 7.14. The van der Waals surface area contributed by atoms with E-state index in [4.69, 9.17) is 16.3 Å². The lowest BCUT2D eigenvalue weighted by atomic mass is 10.2. The molecule has 0 saturated carbocycles. The van der Waals surface area contributed by atoms with Gasteiger partial charge in [0.1, 0.15) is 10.7 Å². The van der Waals surface area contributed by atoms with Crippen LogP contribution in [0.15, 0.2) is 24.4 Å². The number of anilines is 1. The molecule has 1 N–H and O–H groups in total. The highest BCUT2D eigenvalue weighted by Gasteiger charge is 2.21. The van der Waals surface area contributed by atoms with E-state index >= 15 is 0 Å². The van der Waals surface area contributed by atoms with Crippen LogP contribution in [0, 0.1) is 6.92 Å². The predicted molar refractivity (Wildman–Crippen MR) is 91.2 cm³/mol. The van der Waals surface area contributed by atoms with Crippen molar-refractivity contribution >= 4 is 40.6 Å². The standard InChI is InChI=1S/C16H17ClN2O3S/c1-4-12-9(2)7-13(23-12)16(21)22-10(3)15(20)19-14-6-5-11(17)8-18-14/h5-8,10H,4H2,1-3H3,(H,18,19,20)/t10-/m0/s1. The summed E-state index contributed by atoms with van der Waals surface area (Å²) < 4.78 is 5.21. The minimum absolute atomic E-state index is 0.350. The molecule has 0 saturated heterocycles. The number of nitrogens with zero attached hydrogens (tertiary/aromatic N) is 1. The first kappa shape index (κ1) is 17.4. The molecule has 2 aromatic rings. The summed E-state index contributed by atoms with van der Waals surface area (Å²) in [5, 5.41) is 3.05. The second-order valence-electron chi connectivity index (χ2n) is 4.97. The van der Waals surface area contributed by atoms with E-state index in [9.17, 15) is 9.59 Å². The molecule has 2 aromatic heterocycles. The summed E-state index contributed by atoms with van der Waals surface area (Å²) in [6.07, 6.45) is 1.36. The van der Waals surface area contributed by atoms with Gasteiger partial charge in [-0.15, -0.1) is 11.3 Å². The van der Waals surface area contributed by atoms with Gasteiger partial charge in [0.15, 0.2) is 6.10 Å². The number of amides is 1. The van der Waals surface area contributed by atoms with Crippen LogP contribution >= 0.6 is 22.9 Å². The monoisotopic (exact) mass is 352 g/mol. The Labute approximate surface area is 143 Å². The zero-order valence-corrected chi connectivity index (χ0v) is 14.6. The van der Waals surface area contributed by atoms with Gasteiger partial charge in [-0.25, -0.2) is 9.78 Å². The Morgan fingerprint density at radius 2 is 2.17 bits per heavy atom. The molecule has 0 spiro atoms. The van der Waals surface area contributed by atoms with E-state index in [2.05, 4.69) is 10.3 Å². The van der Waals surface area contributed by atoms with Crippen molar-refractivity contribution in [1.29, 1.82) is 0 Å². The number of thiophene rings is 1. The van der Waals surface area contributed by atoms with Crippen molar-refractivity contribution in [3.63, 3.8) is 0 Å². The molecule has 0 radical (unpaired) electrons. The van der Waals surface area contributed by atoms with E-state index in [1.807, 2.05) is 13.8 Å². The zero-order valence-electron chi connectivity index (χ0n) is 13.1. The maximum Gasteiger partial charge on any atom is 0.349 e. The first-order valence-electron chi connectivity index (χ1n) is 7.13. The molecule has 1 atom stereocenters. The predicted octanol–water partition coefficient (Wildman–Crippen LogP) is 3.85. The Hall–Kier alpha value is -1.92. The topological polar surface area (TPSA) is 68.3 Å². The van der Waals surface area contributed by atoms with Crippen LogP contribution in [0.4, 0.5) is 5.82 Å². The van der Waals surface area contributed by atoms with Crippen LogP contribution in [-0.2, 0) is 16.0 Å². The number of carbonyl (C=O) groups is 2. The highest BCUT2D eigenvalue weighted by Crippen LogP contribution is 2.23. The zero-order chi connectivity index (χ0) is 17.0. The number of pyridine rings is 1. The summed E-state index contributed by atoms with van der Waals surface area (Å²) in [7, 11) is 0. The second kappa shape index (κ2) is 7.57. The maximum absolute atomic E-state index is 12.1. The van der Waals surface area contributed by atoms with Crippen molar-refractivity contribution in [3.05, 3.63) is 44.7 Å². The van der Waals surface area contributed by atoms with Gasteiger partial charge in [0.25, 0.3) is 5.91 Å². The van der Waals surface area contributed by atoms with E-state index < -0.39 is 18.0 Å². The Morgan fingerprint density at radius 1 is 1.43 bits per heavy atom. The fraction of sp³-hybridized carbons (Fsp3) is 0.312. The van der Waals surface area contributed by atoms with Gasteiger partial charge in [-0.05, 0) is 44.0 Å². The largest absolute Gasteiger partial charge is 0.448 e. The Balaban J connectivity index is 1.96. The van der Waals surface area contributed by atoms with Crippen molar-refractivity contribution < 1.29 is 14.3 Å². The molecule has 23 heavy (non-hydrogen) atoms. The van der Waals surface area contributed by atoms with E-state index in [0.717, 1.165) is 16.9 Å². The maximum atomic E-state index is 12.1. The van der Waals surface area contributed by atoms with Gasteiger partial charge >= 0.3 is 5.97 Å². The highest BCUT2D eigenvalue weighted by atomic mass is 35.5. The van der Waals surface area contributed by atoms with Crippen molar-refractivity contribution in [1.82, 2.24) is 4.98 Å². The molecule has 7 heteroatoms. The Morgan fingerprint density at radius 3 is 2.74 bits per heavy atom. The summed E-state index contributed by atoms with van der Waals surface area (Å²) in [4.78, 5) is 29.8. The Kier molecular flexibility index (Phi) is 5.74. The number of nitrogens with one attached hydrogen (secondary N) is 1. The van der Waals surface area contributed by atoms with Crippen molar-refractivity contribution in [2.75, 3.05) is 5.32 Å². The average molecular weight is 353 g/mol. The molecule has 0 aliphatic rings. The van der Waals surface area contributed by atoms with Gasteiger partial charge < -0.3 is 10.1 Å². The Bertz CT molecular complexity index is 713. The summed E-state index contributed by atoms with van der Waals surface area (Å²) in [5.74, 6) is -0.593. The van der Waals surface area contributed by atoms with Crippen LogP contribution < -0.4 is 5.32 Å². The lowest BCUT2D eigenvalue weighted by Crippen LogP contribution is -2.30. The SMILES string of the molecule is CCc1sc(C(=O)O[C@@H](C)C(=O)Nc2ccc(Cl)cn2)cc1C. The minimum atomic E-state index is -0.924. The second-order valence-corrected chi connectivity index (χ2v) is 6.54. The number of aryl methyl sites for hydroxylation is 2. The number of ether oxygens (including phenoxy) is 1. The van der Waals surface area contributed by atoms with Crippen LogP contribution in [0.5, 0.6) is 0 Å². The van der Waals surface area contributed by atoms with Crippen molar-refractivity contribution in [3.8, 4) is 0 Å². The molecule has 0 aromatic carbocycles. The quantitative estimate of drug-likeness (QED) is 0.830. The summed E-state index contributed by atoms with van der Waals surface area (Å²) in [6.45, 7) is 5.50. The fourth-order valence-corrected chi connectivity index (χ4v) is 3.03. The first-order chi connectivity index (χ1) is 10.9. The van der Waals surface area contributed by atoms with Gasteiger partial charge in [-0.3, -0.25) is 4.79 Å². The van der Waals surface area contributed by atoms with Gasteiger partial charge in [0.2, 0.25) is 0 Å². The molecule has 0 bridgehead atoms. The number of halogens is 1. The molecule has 5 nitrogen and oxygen atoms in total. The third kappa shape index (κ3) is 4.53. The normalized spacial score (nSPS) is 11.8. The van der Waals surface area contributed by atoms with E-state index in [1.54, 1.807) is 18.2 Å². The summed E-state index contributed by atoms with van der Waals surface area (Å²) in [5.41, 5.74) is 1.06. The number of esters is 1. The smallest absolute Gasteiger partial charge is 0.349 e. The van der Waals surface area contributed by atoms with E-state index in [0.29, 0.717) is 15.7 Å². The summed E-state index contributed by atoms with van der Waals surface area (Å²) in [6, 6.07) is 4.98. The third-order valence-corrected chi connectivity index (χ3v) is 4.76. The first-order valence-corrected chi connectivity index (χ1v) is 8.32. The van der Waals surface area contributed by atoms with Crippen molar-refractivity contribution in [2.24, 2.45) is 0 Å². The fourth-order valence-electron chi connectivity index (χ4n) is 1.92. The molecule has 0 aliphatic carbocycles. The molecule has 122 valence electrons. The molecule has 0 unspecified atom stereocenters. The van der Waals surface area contributed by atoms with Crippen LogP contribution in [0.2, 0.25) is 5.02 Å². The number of rotatable bonds is 5. The van der Waals surface area contributed by atoms with Gasteiger partial charge in [0.05, 0.1) is 5.02 Å². The summed E-state index contributed by atoms with van der Waals surface area (Å²) >= 11 is 7.12.